The number of nitrogens with zero attached hydrogens (tertiary/aromatic N) is 3. The summed E-state index contributed by atoms with van der Waals surface area (Å²) in [7, 11) is 0. The number of hydrogen-bond donors (Lipinski definition) is 4. The maximum atomic E-state index is 8.92. The van der Waals surface area contributed by atoms with Crippen LogP contribution in [0.15, 0.2) is 12.7 Å². The van der Waals surface area contributed by atoms with Gasteiger partial charge in [-0.2, -0.15) is 0 Å². The van der Waals surface area contributed by atoms with Crippen molar-refractivity contribution >= 4 is 11.2 Å². The lowest BCUT2D eigenvalue weighted by Crippen LogP contribution is -2.31. The Morgan fingerprint density at radius 2 is 2.15 bits per heavy atom. The van der Waals surface area contributed by atoms with E-state index in [9.17, 15) is 0 Å². The van der Waals surface area contributed by atoms with E-state index in [0.717, 1.165) is 23.3 Å². The molecule has 4 N–H and O–H groups in total. The van der Waals surface area contributed by atoms with Gasteiger partial charge >= 0.3 is 0 Å². The summed E-state index contributed by atoms with van der Waals surface area (Å²) in [4.78, 5) is 15.1. The molecule has 0 unspecified atom stereocenters. The van der Waals surface area contributed by atoms with Crippen LogP contribution in [0.4, 0.5) is 0 Å². The number of aliphatic hydroxyl groups is 3. The van der Waals surface area contributed by atoms with Gasteiger partial charge in [-0.3, -0.25) is 0 Å². The fraction of sp³-hybridized carbons (Fsp3) is 0.583. The maximum absolute atomic E-state index is 8.92. The minimum atomic E-state index is -0.921. The molecule has 1 aliphatic heterocycles. The summed E-state index contributed by atoms with van der Waals surface area (Å²) in [5.74, 6) is 0. The van der Waals surface area contributed by atoms with Crippen LogP contribution in [0.1, 0.15) is 12.6 Å². The van der Waals surface area contributed by atoms with Gasteiger partial charge in [0.25, 0.3) is 0 Å². The number of fused-ring (bicyclic) bond motifs is 1. The van der Waals surface area contributed by atoms with Crippen molar-refractivity contribution in [2.24, 2.45) is 0 Å². The molecule has 0 aromatic carbocycles. The van der Waals surface area contributed by atoms with Crippen LogP contribution < -0.4 is 0 Å². The van der Waals surface area contributed by atoms with Crippen molar-refractivity contribution in [1.82, 2.24) is 19.9 Å². The average Bonchev–Trinajstić information content (AvgIpc) is 3.07. The number of imidazole rings is 1. The van der Waals surface area contributed by atoms with Crippen LogP contribution in [-0.4, -0.2) is 66.8 Å². The molecule has 2 aromatic rings. The number of aromatic amines is 1. The monoisotopic (exact) mass is 282 g/mol. The van der Waals surface area contributed by atoms with Gasteiger partial charge < -0.3 is 25.0 Å². The lowest BCUT2D eigenvalue weighted by molar-refractivity contribution is -0.00588. The average molecular weight is 282 g/mol. The number of aromatic nitrogens is 4. The molecule has 1 aliphatic rings. The van der Waals surface area contributed by atoms with E-state index in [1.807, 2.05) is 0 Å². The molecule has 0 radical (unpaired) electrons. The van der Waals surface area contributed by atoms with Crippen LogP contribution in [-0.2, 0) is 11.2 Å². The molecule has 3 atom stereocenters. The van der Waals surface area contributed by atoms with Crippen molar-refractivity contribution in [2.45, 2.75) is 31.7 Å². The Morgan fingerprint density at radius 3 is 2.70 bits per heavy atom. The van der Waals surface area contributed by atoms with E-state index in [0.29, 0.717) is 0 Å². The van der Waals surface area contributed by atoms with Crippen LogP contribution in [0.25, 0.3) is 11.2 Å². The highest BCUT2D eigenvalue weighted by atomic mass is 16.5. The predicted molar refractivity (Wildman–Crippen MR) is 69.9 cm³/mol. The fourth-order valence-electron chi connectivity index (χ4n) is 1.91. The third kappa shape index (κ3) is 3.10. The predicted octanol–water partition coefficient (Wildman–Crippen LogP) is -0.985. The fourth-order valence-corrected chi connectivity index (χ4v) is 1.91. The van der Waals surface area contributed by atoms with Crippen LogP contribution in [0.2, 0.25) is 0 Å². The van der Waals surface area contributed by atoms with E-state index in [1.165, 1.54) is 0 Å². The van der Waals surface area contributed by atoms with Gasteiger partial charge in [-0.25, -0.2) is 15.0 Å². The summed E-state index contributed by atoms with van der Waals surface area (Å²) in [5, 5.41) is 26.2. The Hall–Kier alpha value is -1.61. The van der Waals surface area contributed by atoms with Crippen molar-refractivity contribution in [1.29, 1.82) is 0 Å². The topological polar surface area (TPSA) is 124 Å². The van der Waals surface area contributed by atoms with E-state index in [1.54, 1.807) is 12.7 Å². The molecule has 1 saturated heterocycles. The van der Waals surface area contributed by atoms with Gasteiger partial charge in [0.2, 0.25) is 0 Å². The molecule has 0 bridgehead atoms. The van der Waals surface area contributed by atoms with Crippen molar-refractivity contribution in [2.75, 3.05) is 13.2 Å². The molecule has 8 heteroatoms. The SMILES string of the molecule is CCc1ncnc2nc[nH]c12.OC[C@H]1OC[C@H](O)[C@@H]1O. The minimum Gasteiger partial charge on any atom is -0.394 e. The van der Waals surface area contributed by atoms with Crippen molar-refractivity contribution in [3.8, 4) is 0 Å². The third-order valence-electron chi connectivity index (χ3n) is 3.07. The summed E-state index contributed by atoms with van der Waals surface area (Å²) >= 11 is 0. The van der Waals surface area contributed by atoms with Crippen molar-refractivity contribution in [3.63, 3.8) is 0 Å². The van der Waals surface area contributed by atoms with E-state index >= 15 is 0 Å². The van der Waals surface area contributed by atoms with Gasteiger partial charge in [0.15, 0.2) is 5.65 Å². The first-order chi connectivity index (χ1) is 9.67. The lowest BCUT2D eigenvalue weighted by Gasteiger charge is -2.10. The summed E-state index contributed by atoms with van der Waals surface area (Å²) in [6, 6.07) is 0. The summed E-state index contributed by atoms with van der Waals surface area (Å²) in [6.45, 7) is 1.94. The zero-order valence-electron chi connectivity index (χ0n) is 11.1. The number of H-pyrrole nitrogens is 1. The zero-order chi connectivity index (χ0) is 14.5. The largest absolute Gasteiger partial charge is 0.394 e. The second-order valence-corrected chi connectivity index (χ2v) is 4.39. The van der Waals surface area contributed by atoms with E-state index in [2.05, 4.69) is 26.9 Å². The minimum absolute atomic E-state index is 0.117. The second-order valence-electron chi connectivity index (χ2n) is 4.39. The van der Waals surface area contributed by atoms with E-state index in [-0.39, 0.29) is 13.2 Å². The third-order valence-corrected chi connectivity index (χ3v) is 3.07. The lowest BCUT2D eigenvalue weighted by atomic mass is 10.2. The molecule has 0 aliphatic carbocycles. The number of nitrogens with one attached hydrogen (secondary N) is 1. The quantitative estimate of drug-likeness (QED) is 0.557. The molecule has 0 saturated carbocycles. The normalized spacial score (nSPS) is 25.5. The molecule has 3 heterocycles. The van der Waals surface area contributed by atoms with Crippen molar-refractivity contribution < 1.29 is 20.1 Å². The molecule has 1 fully saturated rings. The molecule has 8 nitrogen and oxygen atoms in total. The standard InChI is InChI=1S/C7H8N4.C5H10O4/c1-2-5-6-7(10-3-8-5)11-4-9-6;6-1-4-5(8)3(7)2-9-4/h3-4H,2H2,1H3,(H,8,9,10,11);3-8H,1-2H2/t;3-,4+,5-/m.0/s1. The van der Waals surface area contributed by atoms with Crippen LogP contribution in [0.5, 0.6) is 0 Å². The maximum Gasteiger partial charge on any atom is 0.180 e. The number of ether oxygens (including phenoxy) is 1. The molecule has 0 spiro atoms. The number of aryl methyl sites for hydroxylation is 1. The molecule has 0 amide bonds. The second kappa shape index (κ2) is 6.71. The molecular formula is C12H18N4O4. The highest BCUT2D eigenvalue weighted by Crippen LogP contribution is 2.12. The van der Waals surface area contributed by atoms with Crippen LogP contribution in [0, 0.1) is 0 Å². The molecule has 110 valence electrons. The van der Waals surface area contributed by atoms with Gasteiger partial charge in [0.05, 0.1) is 25.2 Å². The molecular weight excluding hydrogens is 264 g/mol. The van der Waals surface area contributed by atoms with Gasteiger partial charge in [-0.05, 0) is 6.42 Å². The van der Waals surface area contributed by atoms with Gasteiger partial charge in [0, 0.05) is 0 Å². The van der Waals surface area contributed by atoms with Gasteiger partial charge in [0.1, 0.15) is 30.2 Å². The first-order valence-corrected chi connectivity index (χ1v) is 6.38. The summed E-state index contributed by atoms with van der Waals surface area (Å²) < 4.78 is 4.78. The number of aliphatic hydroxyl groups excluding tert-OH is 3. The van der Waals surface area contributed by atoms with Gasteiger partial charge in [-0.15, -0.1) is 0 Å². The molecule has 3 rings (SSSR count). The molecule has 2 aromatic heterocycles. The first-order valence-electron chi connectivity index (χ1n) is 6.38. The Labute approximate surface area is 115 Å². The molecule has 20 heavy (non-hydrogen) atoms. The van der Waals surface area contributed by atoms with Gasteiger partial charge in [-0.1, -0.05) is 6.92 Å². The van der Waals surface area contributed by atoms with Crippen molar-refractivity contribution in [3.05, 3.63) is 18.3 Å². The Balaban J connectivity index is 0.000000151. The highest BCUT2D eigenvalue weighted by molar-refractivity contribution is 5.71. The summed E-state index contributed by atoms with van der Waals surface area (Å²) in [6.07, 6.45) is 1.74. The number of hydrogen-bond acceptors (Lipinski definition) is 7. The summed E-state index contributed by atoms with van der Waals surface area (Å²) in [5.41, 5.74) is 2.72. The number of rotatable bonds is 2. The van der Waals surface area contributed by atoms with E-state index in [4.69, 9.17) is 20.1 Å². The van der Waals surface area contributed by atoms with Crippen LogP contribution >= 0.6 is 0 Å². The Kier molecular flexibility index (Phi) is 4.96. The smallest absolute Gasteiger partial charge is 0.180 e. The Morgan fingerprint density at radius 1 is 1.35 bits per heavy atom. The van der Waals surface area contributed by atoms with E-state index < -0.39 is 18.3 Å². The van der Waals surface area contributed by atoms with Crippen LogP contribution in [0.3, 0.4) is 0 Å². The highest BCUT2D eigenvalue weighted by Gasteiger charge is 2.33. The first kappa shape index (κ1) is 14.8. The Bertz CT molecular complexity index is 547. The zero-order valence-corrected chi connectivity index (χ0v) is 11.1.